The fourth-order valence-corrected chi connectivity index (χ4v) is 3.44. The molecule has 3 rings (SSSR count). The Morgan fingerprint density at radius 1 is 0.958 bits per heavy atom. The van der Waals surface area contributed by atoms with E-state index in [2.05, 4.69) is 42.5 Å². The molecule has 1 heterocycles. The lowest BCUT2D eigenvalue weighted by molar-refractivity contribution is 0.138. The van der Waals surface area contributed by atoms with E-state index >= 15 is 0 Å². The highest BCUT2D eigenvalue weighted by atomic mass is 16.2. The Balaban J connectivity index is 1.48. The molecule has 1 aliphatic heterocycles. The van der Waals surface area contributed by atoms with Crippen molar-refractivity contribution in [1.29, 1.82) is 0 Å². The Hall–Kier alpha value is -2.29. The fourth-order valence-electron chi connectivity index (χ4n) is 3.44. The third-order valence-electron chi connectivity index (χ3n) is 4.84. The molecule has 0 unspecified atom stereocenters. The Morgan fingerprint density at radius 3 is 2.08 bits per heavy atom. The topological polar surface area (TPSA) is 23.6 Å². The Labute approximate surface area is 144 Å². The molecular weight excluding hydrogens is 296 g/mol. The molecule has 1 saturated heterocycles. The van der Waals surface area contributed by atoms with E-state index in [9.17, 15) is 4.79 Å². The second kappa shape index (κ2) is 8.00. The lowest BCUT2D eigenvalue weighted by atomic mass is 9.90. The summed E-state index contributed by atoms with van der Waals surface area (Å²) in [5.74, 6) is 0.691. The van der Waals surface area contributed by atoms with Crippen LogP contribution in [0, 0.1) is 5.92 Å². The quantitative estimate of drug-likeness (QED) is 0.828. The van der Waals surface area contributed by atoms with Crippen molar-refractivity contribution in [1.82, 2.24) is 9.80 Å². The molecule has 2 amide bonds. The van der Waals surface area contributed by atoms with Crippen molar-refractivity contribution in [2.75, 3.05) is 20.1 Å². The number of piperidine rings is 1. The number of rotatable bonds is 4. The zero-order valence-electron chi connectivity index (χ0n) is 14.4. The largest absolute Gasteiger partial charge is 0.325 e. The monoisotopic (exact) mass is 322 g/mol. The van der Waals surface area contributed by atoms with Gasteiger partial charge < -0.3 is 9.80 Å². The minimum absolute atomic E-state index is 0.150. The Kier molecular flexibility index (Phi) is 5.52. The number of urea groups is 1. The molecule has 0 saturated carbocycles. The number of hydrogen-bond donors (Lipinski definition) is 0. The lowest BCUT2D eigenvalue weighted by Crippen LogP contribution is -2.45. The van der Waals surface area contributed by atoms with Crippen molar-refractivity contribution in [2.45, 2.75) is 25.8 Å². The van der Waals surface area contributed by atoms with Gasteiger partial charge in [-0.3, -0.25) is 0 Å². The van der Waals surface area contributed by atoms with Crippen molar-refractivity contribution in [3.63, 3.8) is 0 Å². The first-order chi connectivity index (χ1) is 11.7. The summed E-state index contributed by atoms with van der Waals surface area (Å²) in [6, 6.07) is 21.0. The van der Waals surface area contributed by atoms with Gasteiger partial charge in [0.1, 0.15) is 0 Å². The SMILES string of the molecule is CN(Cc1ccccc1)C(=O)N1CCC(Cc2ccccc2)CC1. The molecule has 0 aliphatic carbocycles. The van der Waals surface area contributed by atoms with Gasteiger partial charge in [0.25, 0.3) is 0 Å². The van der Waals surface area contributed by atoms with E-state index in [0.29, 0.717) is 12.5 Å². The zero-order chi connectivity index (χ0) is 16.8. The smallest absolute Gasteiger partial charge is 0.320 e. The number of hydrogen-bond acceptors (Lipinski definition) is 1. The predicted molar refractivity (Wildman–Crippen MR) is 97.7 cm³/mol. The first kappa shape index (κ1) is 16.6. The summed E-state index contributed by atoms with van der Waals surface area (Å²) in [5, 5.41) is 0. The van der Waals surface area contributed by atoms with Gasteiger partial charge in [-0.25, -0.2) is 4.79 Å². The summed E-state index contributed by atoms with van der Waals surface area (Å²) in [4.78, 5) is 16.4. The molecule has 0 atom stereocenters. The summed E-state index contributed by atoms with van der Waals surface area (Å²) >= 11 is 0. The van der Waals surface area contributed by atoms with Gasteiger partial charge in [-0.05, 0) is 36.3 Å². The summed E-state index contributed by atoms with van der Waals surface area (Å²) < 4.78 is 0. The van der Waals surface area contributed by atoms with Gasteiger partial charge >= 0.3 is 6.03 Å². The van der Waals surface area contributed by atoms with Crippen LogP contribution in [0.5, 0.6) is 0 Å². The summed E-state index contributed by atoms with van der Waals surface area (Å²) in [6.07, 6.45) is 3.32. The predicted octanol–water partition coefficient (Wildman–Crippen LogP) is 4.19. The standard InChI is InChI=1S/C21H26N2O/c1-22(17-20-10-6-3-7-11-20)21(24)23-14-12-19(13-15-23)16-18-8-4-2-5-9-18/h2-11,19H,12-17H2,1H3. The molecule has 3 heteroatoms. The van der Waals surface area contributed by atoms with Gasteiger partial charge in [-0.15, -0.1) is 0 Å². The van der Waals surface area contributed by atoms with E-state index in [1.807, 2.05) is 35.0 Å². The first-order valence-corrected chi connectivity index (χ1v) is 8.80. The molecule has 1 fully saturated rings. The van der Waals surface area contributed by atoms with Gasteiger partial charge in [-0.1, -0.05) is 60.7 Å². The first-order valence-electron chi connectivity index (χ1n) is 8.80. The highest BCUT2D eigenvalue weighted by Crippen LogP contribution is 2.22. The van der Waals surface area contributed by atoms with E-state index in [1.165, 1.54) is 11.1 Å². The van der Waals surface area contributed by atoms with Crippen LogP contribution in [0.3, 0.4) is 0 Å². The number of carbonyl (C=O) groups excluding carboxylic acids is 1. The van der Waals surface area contributed by atoms with E-state index in [4.69, 9.17) is 0 Å². The third-order valence-corrected chi connectivity index (χ3v) is 4.84. The molecule has 24 heavy (non-hydrogen) atoms. The van der Waals surface area contributed by atoms with Crippen molar-refractivity contribution in [2.24, 2.45) is 5.92 Å². The molecule has 0 aromatic heterocycles. The second-order valence-corrected chi connectivity index (χ2v) is 6.74. The lowest BCUT2D eigenvalue weighted by Gasteiger charge is -2.34. The molecule has 126 valence electrons. The van der Waals surface area contributed by atoms with Crippen molar-refractivity contribution in [3.8, 4) is 0 Å². The third kappa shape index (κ3) is 4.38. The minimum Gasteiger partial charge on any atom is -0.325 e. The van der Waals surface area contributed by atoms with Crippen LogP contribution in [0.4, 0.5) is 4.79 Å². The Bertz CT molecular complexity index is 633. The molecule has 0 radical (unpaired) electrons. The fraction of sp³-hybridized carbons (Fsp3) is 0.381. The number of likely N-dealkylation sites (tertiary alicyclic amines) is 1. The molecule has 1 aliphatic rings. The Morgan fingerprint density at radius 2 is 1.50 bits per heavy atom. The van der Waals surface area contributed by atoms with Gasteiger partial charge in [0, 0.05) is 26.7 Å². The highest BCUT2D eigenvalue weighted by Gasteiger charge is 2.24. The van der Waals surface area contributed by atoms with Crippen LogP contribution in [-0.4, -0.2) is 36.0 Å². The maximum atomic E-state index is 12.6. The normalized spacial score (nSPS) is 15.3. The molecule has 0 spiro atoms. The molecule has 0 N–H and O–H groups in total. The summed E-state index contributed by atoms with van der Waals surface area (Å²) in [7, 11) is 1.89. The van der Waals surface area contributed by atoms with Gasteiger partial charge in [0.05, 0.1) is 0 Å². The maximum absolute atomic E-state index is 12.6. The van der Waals surface area contributed by atoms with Crippen LogP contribution < -0.4 is 0 Å². The van der Waals surface area contributed by atoms with Crippen LogP contribution in [0.15, 0.2) is 60.7 Å². The van der Waals surface area contributed by atoms with E-state index in [1.54, 1.807) is 0 Å². The number of benzene rings is 2. The van der Waals surface area contributed by atoms with Crippen LogP contribution >= 0.6 is 0 Å². The van der Waals surface area contributed by atoms with E-state index in [-0.39, 0.29) is 6.03 Å². The maximum Gasteiger partial charge on any atom is 0.320 e. The van der Waals surface area contributed by atoms with Crippen LogP contribution in [0.25, 0.3) is 0 Å². The molecular formula is C21H26N2O. The van der Waals surface area contributed by atoms with Crippen molar-refractivity contribution < 1.29 is 4.79 Å². The number of carbonyl (C=O) groups is 1. The summed E-state index contributed by atoms with van der Waals surface area (Å²) in [5.41, 5.74) is 2.58. The number of nitrogens with zero attached hydrogens (tertiary/aromatic N) is 2. The van der Waals surface area contributed by atoms with Gasteiger partial charge in [-0.2, -0.15) is 0 Å². The van der Waals surface area contributed by atoms with Gasteiger partial charge in [0.2, 0.25) is 0 Å². The van der Waals surface area contributed by atoms with E-state index in [0.717, 1.165) is 32.4 Å². The average molecular weight is 322 g/mol. The zero-order valence-corrected chi connectivity index (χ0v) is 14.4. The highest BCUT2D eigenvalue weighted by molar-refractivity contribution is 5.74. The molecule has 3 nitrogen and oxygen atoms in total. The molecule has 0 bridgehead atoms. The average Bonchev–Trinajstić information content (AvgIpc) is 2.63. The van der Waals surface area contributed by atoms with Crippen molar-refractivity contribution >= 4 is 6.03 Å². The van der Waals surface area contributed by atoms with Crippen molar-refractivity contribution in [3.05, 3.63) is 71.8 Å². The van der Waals surface area contributed by atoms with Crippen LogP contribution in [-0.2, 0) is 13.0 Å². The van der Waals surface area contributed by atoms with Crippen LogP contribution in [0.1, 0.15) is 24.0 Å². The molecule has 2 aromatic rings. The summed E-state index contributed by atoms with van der Waals surface area (Å²) in [6.45, 7) is 2.41. The van der Waals surface area contributed by atoms with Crippen LogP contribution in [0.2, 0.25) is 0 Å². The molecule has 2 aromatic carbocycles. The number of amides is 2. The second-order valence-electron chi connectivity index (χ2n) is 6.74. The van der Waals surface area contributed by atoms with E-state index < -0.39 is 0 Å². The van der Waals surface area contributed by atoms with Gasteiger partial charge in [0.15, 0.2) is 0 Å². The minimum atomic E-state index is 0.150.